The number of imidazole rings is 1. The van der Waals surface area contributed by atoms with Crippen LogP contribution in [-0.4, -0.2) is 16.7 Å². The van der Waals surface area contributed by atoms with Crippen molar-refractivity contribution in [2.45, 2.75) is 18.8 Å². The highest BCUT2D eigenvalue weighted by molar-refractivity contribution is 5.79. The smallest absolute Gasteiger partial charge is 0.110 e. The van der Waals surface area contributed by atoms with E-state index in [1.165, 1.54) is 12.8 Å². The third-order valence-corrected chi connectivity index (χ3v) is 2.67. The number of nitrogens with zero attached hydrogens (tertiary/aromatic N) is 2. The van der Waals surface area contributed by atoms with Crippen LogP contribution in [0.3, 0.4) is 0 Å². The molecule has 0 atom stereocenters. The second-order valence-electron chi connectivity index (χ2n) is 3.90. The fourth-order valence-electron chi connectivity index (χ4n) is 1.74. The Kier molecular flexibility index (Phi) is 1.74. The molecule has 4 heteroatoms. The summed E-state index contributed by atoms with van der Waals surface area (Å²) >= 11 is 0. The Morgan fingerprint density at radius 2 is 2.33 bits per heavy atom. The van der Waals surface area contributed by atoms with E-state index in [-0.39, 0.29) is 0 Å². The van der Waals surface area contributed by atoms with Gasteiger partial charge in [-0.25, -0.2) is 4.98 Å². The standard InChI is InChI=1S/C11H12N4/c1-12-15-8-4-5-9-10(6-8)14-11(13-9)7-2-3-7/h4-7,15H,1-3H2,(H,13,14). The van der Waals surface area contributed by atoms with Crippen molar-refractivity contribution >= 4 is 23.4 Å². The van der Waals surface area contributed by atoms with Gasteiger partial charge >= 0.3 is 0 Å². The van der Waals surface area contributed by atoms with Gasteiger partial charge in [-0.05, 0) is 31.0 Å². The van der Waals surface area contributed by atoms with Crippen LogP contribution in [0.15, 0.2) is 23.3 Å². The maximum absolute atomic E-state index is 4.55. The molecule has 3 rings (SSSR count). The zero-order valence-electron chi connectivity index (χ0n) is 8.33. The maximum atomic E-state index is 4.55. The lowest BCUT2D eigenvalue weighted by Crippen LogP contribution is -1.85. The normalized spacial score (nSPS) is 15.5. The number of hydrogen-bond donors (Lipinski definition) is 2. The molecular formula is C11H12N4. The van der Waals surface area contributed by atoms with Crippen molar-refractivity contribution in [1.29, 1.82) is 0 Å². The van der Waals surface area contributed by atoms with Gasteiger partial charge in [0.2, 0.25) is 0 Å². The van der Waals surface area contributed by atoms with Crippen molar-refractivity contribution in [2.24, 2.45) is 5.10 Å². The summed E-state index contributed by atoms with van der Waals surface area (Å²) in [5.74, 6) is 1.78. The molecular weight excluding hydrogens is 188 g/mol. The number of hydrazone groups is 1. The maximum Gasteiger partial charge on any atom is 0.110 e. The number of H-pyrrole nitrogens is 1. The summed E-state index contributed by atoms with van der Waals surface area (Å²) in [4.78, 5) is 7.89. The molecule has 15 heavy (non-hydrogen) atoms. The average molecular weight is 200 g/mol. The monoisotopic (exact) mass is 200 g/mol. The van der Waals surface area contributed by atoms with Gasteiger partial charge in [0.25, 0.3) is 0 Å². The zero-order chi connectivity index (χ0) is 10.3. The van der Waals surface area contributed by atoms with Gasteiger partial charge in [0, 0.05) is 12.6 Å². The highest BCUT2D eigenvalue weighted by Crippen LogP contribution is 2.39. The molecule has 0 amide bonds. The van der Waals surface area contributed by atoms with Crippen molar-refractivity contribution in [3.05, 3.63) is 24.0 Å². The van der Waals surface area contributed by atoms with Crippen molar-refractivity contribution in [3.63, 3.8) is 0 Å². The van der Waals surface area contributed by atoms with Gasteiger partial charge in [-0.15, -0.1) is 0 Å². The summed E-state index contributed by atoms with van der Waals surface area (Å²) in [7, 11) is 0. The van der Waals surface area contributed by atoms with E-state index in [1.807, 2.05) is 18.2 Å². The lowest BCUT2D eigenvalue weighted by molar-refractivity contribution is 0.986. The Balaban J connectivity index is 2.05. The lowest BCUT2D eigenvalue weighted by atomic mass is 10.3. The predicted molar refractivity (Wildman–Crippen MR) is 61.2 cm³/mol. The molecule has 1 saturated carbocycles. The van der Waals surface area contributed by atoms with E-state index in [1.54, 1.807) is 0 Å². The number of aromatic nitrogens is 2. The van der Waals surface area contributed by atoms with Crippen LogP contribution in [0.4, 0.5) is 5.69 Å². The minimum absolute atomic E-state index is 0.659. The third-order valence-electron chi connectivity index (χ3n) is 2.67. The van der Waals surface area contributed by atoms with Crippen molar-refractivity contribution in [2.75, 3.05) is 5.43 Å². The van der Waals surface area contributed by atoms with Crippen LogP contribution in [0.2, 0.25) is 0 Å². The summed E-state index contributed by atoms with van der Waals surface area (Å²) < 4.78 is 0. The number of rotatable bonds is 3. The summed E-state index contributed by atoms with van der Waals surface area (Å²) in [6.45, 7) is 3.39. The van der Waals surface area contributed by atoms with Crippen LogP contribution in [0, 0.1) is 0 Å². The Hall–Kier alpha value is -1.84. The fourth-order valence-corrected chi connectivity index (χ4v) is 1.74. The minimum atomic E-state index is 0.659. The molecule has 0 saturated heterocycles. The summed E-state index contributed by atoms with van der Waals surface area (Å²) in [5, 5.41) is 3.63. The van der Waals surface area contributed by atoms with E-state index < -0.39 is 0 Å². The molecule has 2 aromatic rings. The van der Waals surface area contributed by atoms with Gasteiger partial charge in [0.1, 0.15) is 5.82 Å². The van der Waals surface area contributed by atoms with Crippen LogP contribution in [-0.2, 0) is 0 Å². The number of aromatic amines is 1. The molecule has 1 aromatic heterocycles. The molecule has 0 unspecified atom stereocenters. The highest BCUT2D eigenvalue weighted by Gasteiger charge is 2.26. The van der Waals surface area contributed by atoms with Gasteiger partial charge in [0.05, 0.1) is 16.7 Å². The third kappa shape index (κ3) is 1.48. The molecule has 0 aliphatic heterocycles. The number of fused-ring (bicyclic) bond motifs is 1. The largest absolute Gasteiger partial charge is 0.342 e. The molecule has 0 spiro atoms. The highest BCUT2D eigenvalue weighted by atomic mass is 15.3. The topological polar surface area (TPSA) is 53.1 Å². The Morgan fingerprint density at radius 3 is 3.07 bits per heavy atom. The van der Waals surface area contributed by atoms with Crippen molar-refractivity contribution < 1.29 is 0 Å². The van der Waals surface area contributed by atoms with Crippen molar-refractivity contribution in [1.82, 2.24) is 9.97 Å². The molecule has 1 aromatic carbocycles. The minimum Gasteiger partial charge on any atom is -0.342 e. The second-order valence-corrected chi connectivity index (χ2v) is 3.90. The van der Waals surface area contributed by atoms with E-state index in [0.29, 0.717) is 5.92 Å². The van der Waals surface area contributed by atoms with E-state index in [2.05, 4.69) is 27.2 Å². The molecule has 0 radical (unpaired) electrons. The first-order valence-corrected chi connectivity index (χ1v) is 5.08. The van der Waals surface area contributed by atoms with E-state index in [9.17, 15) is 0 Å². The molecule has 2 N–H and O–H groups in total. The average Bonchev–Trinajstić information content (AvgIpc) is 2.99. The number of hydrogen-bond acceptors (Lipinski definition) is 3. The van der Waals surface area contributed by atoms with Gasteiger partial charge in [-0.1, -0.05) is 0 Å². The van der Waals surface area contributed by atoms with Crippen LogP contribution >= 0.6 is 0 Å². The van der Waals surface area contributed by atoms with Gasteiger partial charge < -0.3 is 4.98 Å². The molecule has 0 bridgehead atoms. The predicted octanol–water partition coefficient (Wildman–Crippen LogP) is 2.47. The first-order valence-electron chi connectivity index (χ1n) is 5.08. The van der Waals surface area contributed by atoms with Gasteiger partial charge in [-0.3, -0.25) is 5.43 Å². The SMILES string of the molecule is C=NNc1ccc2nc(C3CC3)[nH]c2c1. The van der Waals surface area contributed by atoms with Crippen LogP contribution in [0.1, 0.15) is 24.6 Å². The number of benzene rings is 1. The fraction of sp³-hybridized carbons (Fsp3) is 0.273. The molecule has 76 valence electrons. The second kappa shape index (κ2) is 3.08. The van der Waals surface area contributed by atoms with E-state index in [4.69, 9.17) is 0 Å². The van der Waals surface area contributed by atoms with Crippen LogP contribution in [0.25, 0.3) is 11.0 Å². The molecule has 4 nitrogen and oxygen atoms in total. The molecule has 1 aliphatic rings. The zero-order valence-corrected chi connectivity index (χ0v) is 8.33. The Bertz CT molecular complexity index is 510. The van der Waals surface area contributed by atoms with Gasteiger partial charge in [0.15, 0.2) is 0 Å². The molecule has 1 fully saturated rings. The number of anilines is 1. The Morgan fingerprint density at radius 1 is 1.47 bits per heavy atom. The van der Waals surface area contributed by atoms with Crippen molar-refractivity contribution in [3.8, 4) is 0 Å². The van der Waals surface area contributed by atoms with E-state index >= 15 is 0 Å². The summed E-state index contributed by atoms with van der Waals surface area (Å²) in [5.41, 5.74) is 5.83. The molecule has 1 heterocycles. The summed E-state index contributed by atoms with van der Waals surface area (Å²) in [6, 6.07) is 5.95. The Labute approximate surface area is 87.4 Å². The van der Waals surface area contributed by atoms with Crippen LogP contribution in [0.5, 0.6) is 0 Å². The summed E-state index contributed by atoms with van der Waals surface area (Å²) in [6.07, 6.45) is 2.53. The number of nitrogens with one attached hydrogen (secondary N) is 2. The van der Waals surface area contributed by atoms with Crippen LogP contribution < -0.4 is 5.43 Å². The van der Waals surface area contributed by atoms with E-state index in [0.717, 1.165) is 22.5 Å². The first kappa shape index (κ1) is 8.47. The quantitative estimate of drug-likeness (QED) is 0.590. The first-order chi connectivity index (χ1) is 7.36. The lowest BCUT2D eigenvalue weighted by Gasteiger charge is -1.97. The van der Waals surface area contributed by atoms with Gasteiger partial charge in [-0.2, -0.15) is 5.10 Å². The molecule has 1 aliphatic carbocycles.